The van der Waals surface area contributed by atoms with Crippen molar-refractivity contribution in [3.63, 3.8) is 0 Å². The highest BCUT2D eigenvalue weighted by Crippen LogP contribution is 2.28. The van der Waals surface area contributed by atoms with Crippen molar-refractivity contribution >= 4 is 35.0 Å². The average Bonchev–Trinajstić information content (AvgIpc) is 3.48. The minimum Gasteiger partial charge on any atom is -0.333 e. The molecule has 8 heteroatoms. The van der Waals surface area contributed by atoms with E-state index in [0.29, 0.717) is 12.4 Å². The first-order valence-electron chi connectivity index (χ1n) is 10.8. The van der Waals surface area contributed by atoms with Crippen LogP contribution in [0.2, 0.25) is 0 Å². The van der Waals surface area contributed by atoms with Crippen molar-refractivity contribution in [2.24, 2.45) is 0 Å². The molecule has 0 aliphatic rings. The van der Waals surface area contributed by atoms with Gasteiger partial charge in [0.1, 0.15) is 11.5 Å². The maximum Gasteiger partial charge on any atom is 0.246 e. The second kappa shape index (κ2) is 10.7. The molecule has 3 heterocycles. The minimum absolute atomic E-state index is 0.0795. The Bertz CT molecular complexity index is 1300. The Morgan fingerprint density at radius 2 is 1.97 bits per heavy atom. The molecule has 0 fully saturated rings. The van der Waals surface area contributed by atoms with Crippen LogP contribution in [0.5, 0.6) is 0 Å². The summed E-state index contributed by atoms with van der Waals surface area (Å²) in [6, 6.07) is 17.7. The number of carbonyl (C=O) groups is 2. The lowest BCUT2D eigenvalue weighted by molar-refractivity contribution is -0.129. The molecule has 172 valence electrons. The Morgan fingerprint density at radius 1 is 1.15 bits per heavy atom. The number of carbonyl (C=O) groups excluding carboxylic acids is 2. The number of pyridine rings is 1. The molecule has 0 saturated carbocycles. The molecule has 0 radical (unpaired) electrons. The molecule has 0 aliphatic carbocycles. The number of thiophene rings is 1. The van der Waals surface area contributed by atoms with Crippen molar-refractivity contribution in [2.75, 3.05) is 18.9 Å². The van der Waals surface area contributed by atoms with Crippen molar-refractivity contribution in [3.8, 4) is 10.6 Å². The van der Waals surface area contributed by atoms with Crippen LogP contribution in [-0.2, 0) is 16.1 Å². The Morgan fingerprint density at radius 3 is 2.71 bits per heavy atom. The van der Waals surface area contributed by atoms with Crippen LogP contribution in [0, 0.1) is 6.92 Å². The standard InChI is InChI=1S/C26H25N5O2S/c1-19-12-13-27-23(15-19)28-24(32)18-30(2)25(33)11-10-21-17-31(16-20-7-4-3-5-8-20)29-26(21)22-9-6-14-34-22/h3-15,17H,16,18H2,1-2H3,(H,27,28,32)/b11-10+. The third-order valence-corrected chi connectivity index (χ3v) is 5.95. The monoisotopic (exact) mass is 471 g/mol. The number of hydrogen-bond acceptors (Lipinski definition) is 5. The lowest BCUT2D eigenvalue weighted by Crippen LogP contribution is -2.34. The molecule has 0 bridgehead atoms. The van der Waals surface area contributed by atoms with Gasteiger partial charge in [-0.05, 0) is 47.7 Å². The third kappa shape index (κ3) is 6.05. The molecule has 2 amide bonds. The summed E-state index contributed by atoms with van der Waals surface area (Å²) in [5.74, 6) is -0.120. The van der Waals surface area contributed by atoms with E-state index >= 15 is 0 Å². The van der Waals surface area contributed by atoms with Crippen LogP contribution in [0.3, 0.4) is 0 Å². The fraction of sp³-hybridized carbons (Fsp3) is 0.154. The first kappa shape index (κ1) is 23.1. The van der Waals surface area contributed by atoms with E-state index in [0.717, 1.165) is 27.3 Å². The molecule has 4 rings (SSSR count). The summed E-state index contributed by atoms with van der Waals surface area (Å²) in [6.07, 6.45) is 6.79. The van der Waals surface area contributed by atoms with Crippen molar-refractivity contribution in [3.05, 3.63) is 95.1 Å². The van der Waals surface area contributed by atoms with Crippen LogP contribution in [-0.4, -0.2) is 45.1 Å². The van der Waals surface area contributed by atoms with Gasteiger partial charge in [0, 0.05) is 31.1 Å². The molecule has 0 unspecified atom stereocenters. The first-order chi connectivity index (χ1) is 16.5. The second-order valence-electron chi connectivity index (χ2n) is 7.89. The molecule has 0 saturated heterocycles. The van der Waals surface area contributed by atoms with E-state index in [1.807, 2.05) is 59.6 Å². The van der Waals surface area contributed by atoms with Crippen LogP contribution in [0.15, 0.2) is 78.4 Å². The molecule has 7 nitrogen and oxygen atoms in total. The maximum absolute atomic E-state index is 12.7. The summed E-state index contributed by atoms with van der Waals surface area (Å²) in [6.45, 7) is 2.47. The molecule has 0 atom stereocenters. The van der Waals surface area contributed by atoms with Gasteiger partial charge >= 0.3 is 0 Å². The summed E-state index contributed by atoms with van der Waals surface area (Å²) in [5.41, 5.74) is 3.80. The smallest absolute Gasteiger partial charge is 0.246 e. The molecule has 1 aromatic carbocycles. The summed E-state index contributed by atoms with van der Waals surface area (Å²) in [4.78, 5) is 31.5. The number of anilines is 1. The van der Waals surface area contributed by atoms with Gasteiger partial charge in [-0.1, -0.05) is 36.4 Å². The van der Waals surface area contributed by atoms with Gasteiger partial charge in [-0.25, -0.2) is 4.98 Å². The van der Waals surface area contributed by atoms with E-state index in [2.05, 4.69) is 22.4 Å². The van der Waals surface area contributed by atoms with E-state index < -0.39 is 0 Å². The van der Waals surface area contributed by atoms with Gasteiger partial charge in [-0.15, -0.1) is 11.3 Å². The molecular weight excluding hydrogens is 446 g/mol. The largest absolute Gasteiger partial charge is 0.333 e. The number of aromatic nitrogens is 3. The molecular formula is C26H25N5O2S. The Kier molecular flexibility index (Phi) is 7.29. The second-order valence-corrected chi connectivity index (χ2v) is 8.84. The normalized spacial score (nSPS) is 11.0. The fourth-order valence-corrected chi connectivity index (χ4v) is 4.11. The van der Waals surface area contributed by atoms with Gasteiger partial charge in [0.05, 0.1) is 18.0 Å². The predicted molar refractivity (Wildman–Crippen MR) is 135 cm³/mol. The van der Waals surface area contributed by atoms with E-state index in [-0.39, 0.29) is 18.4 Å². The number of likely N-dealkylation sites (N-methyl/N-ethyl adjacent to an activating group) is 1. The zero-order valence-corrected chi connectivity index (χ0v) is 19.8. The minimum atomic E-state index is -0.308. The molecule has 1 N–H and O–H groups in total. The van der Waals surface area contributed by atoms with Crippen molar-refractivity contribution < 1.29 is 9.59 Å². The molecule has 4 aromatic rings. The van der Waals surface area contributed by atoms with Crippen molar-refractivity contribution in [2.45, 2.75) is 13.5 Å². The van der Waals surface area contributed by atoms with Gasteiger partial charge < -0.3 is 10.2 Å². The fourth-order valence-electron chi connectivity index (χ4n) is 3.38. The molecule has 3 aromatic heterocycles. The van der Waals surface area contributed by atoms with E-state index in [1.54, 1.807) is 36.7 Å². The lowest BCUT2D eigenvalue weighted by Gasteiger charge is -2.14. The Balaban J connectivity index is 1.45. The number of nitrogens with zero attached hydrogens (tertiary/aromatic N) is 4. The zero-order chi connectivity index (χ0) is 23.9. The predicted octanol–water partition coefficient (Wildman–Crippen LogP) is 4.47. The summed E-state index contributed by atoms with van der Waals surface area (Å²) < 4.78 is 1.88. The van der Waals surface area contributed by atoms with Crippen molar-refractivity contribution in [1.29, 1.82) is 0 Å². The van der Waals surface area contributed by atoms with E-state index in [1.165, 1.54) is 11.0 Å². The van der Waals surface area contributed by atoms with Crippen LogP contribution in [0.4, 0.5) is 5.82 Å². The van der Waals surface area contributed by atoms with Crippen LogP contribution in [0.1, 0.15) is 16.7 Å². The summed E-state index contributed by atoms with van der Waals surface area (Å²) in [5, 5.41) is 9.47. The van der Waals surface area contributed by atoms with Gasteiger partial charge in [0.15, 0.2) is 0 Å². The number of amides is 2. The molecule has 0 spiro atoms. The molecule has 34 heavy (non-hydrogen) atoms. The Labute approximate surface area is 202 Å². The highest BCUT2D eigenvalue weighted by molar-refractivity contribution is 7.13. The van der Waals surface area contributed by atoms with Crippen LogP contribution < -0.4 is 5.32 Å². The number of benzene rings is 1. The van der Waals surface area contributed by atoms with Gasteiger partial charge in [-0.2, -0.15) is 5.10 Å². The van der Waals surface area contributed by atoms with Gasteiger partial charge in [0.25, 0.3) is 0 Å². The quantitative estimate of drug-likeness (QED) is 0.385. The van der Waals surface area contributed by atoms with Crippen molar-refractivity contribution in [1.82, 2.24) is 19.7 Å². The van der Waals surface area contributed by atoms with Crippen LogP contribution >= 0.6 is 11.3 Å². The SMILES string of the molecule is Cc1ccnc(NC(=O)CN(C)C(=O)/C=C/c2cn(Cc3ccccc3)nc2-c2cccs2)c1. The highest BCUT2D eigenvalue weighted by atomic mass is 32.1. The Hall–Kier alpha value is -4.04. The van der Waals surface area contributed by atoms with Gasteiger partial charge in [-0.3, -0.25) is 14.3 Å². The summed E-state index contributed by atoms with van der Waals surface area (Å²) in [7, 11) is 1.59. The first-order valence-corrected chi connectivity index (χ1v) is 11.7. The van der Waals surface area contributed by atoms with E-state index in [4.69, 9.17) is 5.10 Å². The topological polar surface area (TPSA) is 80.1 Å². The lowest BCUT2D eigenvalue weighted by atomic mass is 10.2. The average molecular weight is 472 g/mol. The third-order valence-electron chi connectivity index (χ3n) is 5.08. The van der Waals surface area contributed by atoms with Crippen LogP contribution in [0.25, 0.3) is 16.6 Å². The number of aryl methyl sites for hydroxylation is 1. The van der Waals surface area contributed by atoms with E-state index in [9.17, 15) is 9.59 Å². The number of hydrogen-bond donors (Lipinski definition) is 1. The molecule has 0 aliphatic heterocycles. The van der Waals surface area contributed by atoms with Gasteiger partial charge in [0.2, 0.25) is 11.8 Å². The highest BCUT2D eigenvalue weighted by Gasteiger charge is 2.14. The number of rotatable bonds is 8. The number of nitrogens with one attached hydrogen (secondary N) is 1. The zero-order valence-electron chi connectivity index (χ0n) is 19.0. The summed E-state index contributed by atoms with van der Waals surface area (Å²) >= 11 is 1.60. The maximum atomic E-state index is 12.7.